The lowest BCUT2D eigenvalue weighted by molar-refractivity contribution is -0.125. The van der Waals surface area contributed by atoms with Gasteiger partial charge >= 0.3 is 0 Å². The lowest BCUT2D eigenvalue weighted by atomic mass is 9.93. The highest BCUT2D eigenvalue weighted by molar-refractivity contribution is 5.79. The quantitative estimate of drug-likeness (QED) is 0.803. The third-order valence-electron chi connectivity index (χ3n) is 3.55. The summed E-state index contributed by atoms with van der Waals surface area (Å²) in [5.41, 5.74) is 2.46. The third kappa shape index (κ3) is 4.97. The Bertz CT molecular complexity index is 429. The Kier molecular flexibility index (Phi) is 6.73. The Morgan fingerprint density at radius 1 is 1.20 bits per heavy atom. The molecule has 0 bridgehead atoms. The minimum atomic E-state index is -0.0151. The van der Waals surface area contributed by atoms with Gasteiger partial charge in [0, 0.05) is 12.5 Å². The maximum Gasteiger partial charge on any atom is 0.224 e. The van der Waals surface area contributed by atoms with Gasteiger partial charge in [-0.05, 0) is 37.4 Å². The van der Waals surface area contributed by atoms with Crippen molar-refractivity contribution in [1.82, 2.24) is 10.6 Å². The van der Waals surface area contributed by atoms with Gasteiger partial charge in [-0.1, -0.05) is 45.0 Å². The fourth-order valence-corrected chi connectivity index (χ4v) is 2.43. The molecule has 0 fully saturated rings. The Morgan fingerprint density at radius 3 is 2.40 bits per heavy atom. The Hall–Kier alpha value is -1.35. The first kappa shape index (κ1) is 16.7. The summed E-state index contributed by atoms with van der Waals surface area (Å²) >= 11 is 0. The lowest BCUT2D eigenvalue weighted by Gasteiger charge is -2.24. The first-order valence-electron chi connectivity index (χ1n) is 7.46. The smallest absolute Gasteiger partial charge is 0.224 e. The van der Waals surface area contributed by atoms with Crippen LogP contribution in [0.25, 0.3) is 0 Å². The molecule has 1 rings (SSSR count). The van der Waals surface area contributed by atoms with E-state index in [1.54, 1.807) is 0 Å². The second kappa shape index (κ2) is 8.05. The summed E-state index contributed by atoms with van der Waals surface area (Å²) in [6.45, 7) is 9.14. The van der Waals surface area contributed by atoms with Crippen molar-refractivity contribution in [2.75, 3.05) is 13.6 Å². The van der Waals surface area contributed by atoms with E-state index >= 15 is 0 Å². The van der Waals surface area contributed by atoms with E-state index in [0.717, 1.165) is 6.42 Å². The second-order valence-corrected chi connectivity index (χ2v) is 6.01. The van der Waals surface area contributed by atoms with Crippen molar-refractivity contribution in [3.63, 3.8) is 0 Å². The maximum atomic E-state index is 12.3. The fourth-order valence-electron chi connectivity index (χ4n) is 2.43. The molecule has 2 atom stereocenters. The van der Waals surface area contributed by atoms with Gasteiger partial charge in [0.15, 0.2) is 0 Å². The monoisotopic (exact) mass is 276 g/mol. The minimum absolute atomic E-state index is 0.0151. The molecule has 0 aromatic heterocycles. The molecular formula is C17H28N2O. The van der Waals surface area contributed by atoms with Crippen LogP contribution < -0.4 is 10.6 Å². The number of amides is 1. The van der Waals surface area contributed by atoms with Gasteiger partial charge in [0.2, 0.25) is 5.91 Å². The minimum Gasteiger partial charge on any atom is -0.349 e. The van der Waals surface area contributed by atoms with Crippen LogP contribution in [0.2, 0.25) is 0 Å². The van der Waals surface area contributed by atoms with Gasteiger partial charge in [-0.25, -0.2) is 0 Å². The van der Waals surface area contributed by atoms with Crippen LogP contribution in [0.3, 0.4) is 0 Å². The highest BCUT2D eigenvalue weighted by Crippen LogP contribution is 2.24. The average molecular weight is 276 g/mol. The fraction of sp³-hybridized carbons (Fsp3) is 0.588. The molecule has 1 aromatic carbocycles. The van der Waals surface area contributed by atoms with E-state index in [2.05, 4.69) is 43.5 Å². The summed E-state index contributed by atoms with van der Waals surface area (Å²) in [5, 5.41) is 6.26. The zero-order valence-electron chi connectivity index (χ0n) is 13.4. The van der Waals surface area contributed by atoms with Crippen LogP contribution >= 0.6 is 0 Å². The van der Waals surface area contributed by atoms with Crippen molar-refractivity contribution < 1.29 is 4.79 Å². The van der Waals surface area contributed by atoms with Gasteiger partial charge in [0.1, 0.15) is 0 Å². The number of benzene rings is 1. The van der Waals surface area contributed by atoms with E-state index < -0.39 is 0 Å². The zero-order chi connectivity index (χ0) is 15.1. The molecule has 112 valence electrons. The molecule has 0 heterocycles. The Labute approximate surface area is 123 Å². The predicted octanol–water partition coefficient (Wildman–Crippen LogP) is 3.05. The van der Waals surface area contributed by atoms with Crippen molar-refractivity contribution in [2.24, 2.45) is 11.8 Å². The standard InChI is InChI=1S/C17H28N2O/c1-12(2)10-16(15-9-7-6-8-13(15)3)19-17(20)14(4)11-18-5/h6-9,12,14,16,18H,10-11H2,1-5H3,(H,19,20). The van der Waals surface area contributed by atoms with Crippen LogP contribution in [0.5, 0.6) is 0 Å². The summed E-state index contributed by atoms with van der Waals surface area (Å²) in [5.74, 6) is 0.645. The Balaban J connectivity index is 2.85. The molecule has 1 aromatic rings. The number of rotatable bonds is 7. The van der Waals surface area contributed by atoms with E-state index in [1.165, 1.54) is 11.1 Å². The SMILES string of the molecule is CNCC(C)C(=O)NC(CC(C)C)c1ccccc1C. The van der Waals surface area contributed by atoms with Crippen LogP contribution in [0.1, 0.15) is 44.4 Å². The van der Waals surface area contributed by atoms with Crippen LogP contribution in [0.4, 0.5) is 0 Å². The molecule has 0 aliphatic rings. The first-order chi connectivity index (χ1) is 9.45. The highest BCUT2D eigenvalue weighted by Gasteiger charge is 2.20. The van der Waals surface area contributed by atoms with Crippen molar-refractivity contribution in [1.29, 1.82) is 0 Å². The second-order valence-electron chi connectivity index (χ2n) is 6.01. The molecule has 0 aliphatic heterocycles. The number of nitrogens with one attached hydrogen (secondary N) is 2. The molecule has 0 aliphatic carbocycles. The van der Waals surface area contributed by atoms with Crippen LogP contribution in [0, 0.1) is 18.8 Å². The summed E-state index contributed by atoms with van der Waals surface area (Å²) in [6, 6.07) is 8.40. The highest BCUT2D eigenvalue weighted by atomic mass is 16.1. The molecule has 2 unspecified atom stereocenters. The first-order valence-corrected chi connectivity index (χ1v) is 7.46. The van der Waals surface area contributed by atoms with E-state index in [9.17, 15) is 4.79 Å². The van der Waals surface area contributed by atoms with Crippen LogP contribution in [0.15, 0.2) is 24.3 Å². The number of hydrogen-bond acceptors (Lipinski definition) is 2. The van der Waals surface area contributed by atoms with Crippen LogP contribution in [-0.4, -0.2) is 19.5 Å². The van der Waals surface area contributed by atoms with Crippen molar-refractivity contribution in [3.8, 4) is 0 Å². The van der Waals surface area contributed by atoms with Gasteiger partial charge in [0.05, 0.1) is 6.04 Å². The molecule has 0 spiro atoms. The van der Waals surface area contributed by atoms with Crippen molar-refractivity contribution in [3.05, 3.63) is 35.4 Å². The number of carbonyl (C=O) groups is 1. The van der Waals surface area contributed by atoms with Gasteiger partial charge < -0.3 is 10.6 Å². The van der Waals surface area contributed by atoms with Crippen LogP contribution in [-0.2, 0) is 4.79 Å². The molecule has 0 radical (unpaired) electrons. The molecule has 3 nitrogen and oxygen atoms in total. The van der Waals surface area contributed by atoms with Crippen molar-refractivity contribution in [2.45, 2.75) is 40.2 Å². The summed E-state index contributed by atoms with van der Waals surface area (Å²) in [7, 11) is 1.87. The van der Waals surface area contributed by atoms with E-state index in [0.29, 0.717) is 12.5 Å². The molecule has 3 heteroatoms. The molecule has 1 amide bonds. The predicted molar refractivity (Wildman–Crippen MR) is 84.6 cm³/mol. The third-order valence-corrected chi connectivity index (χ3v) is 3.55. The number of aryl methyl sites for hydroxylation is 1. The zero-order valence-corrected chi connectivity index (χ0v) is 13.4. The van der Waals surface area contributed by atoms with E-state index in [4.69, 9.17) is 0 Å². The van der Waals surface area contributed by atoms with Gasteiger partial charge in [-0.2, -0.15) is 0 Å². The number of carbonyl (C=O) groups excluding carboxylic acids is 1. The normalized spacial score (nSPS) is 14.1. The van der Waals surface area contributed by atoms with E-state index in [-0.39, 0.29) is 17.9 Å². The van der Waals surface area contributed by atoms with Crippen molar-refractivity contribution >= 4 is 5.91 Å². The van der Waals surface area contributed by atoms with Gasteiger partial charge in [0.25, 0.3) is 0 Å². The summed E-state index contributed by atoms with van der Waals surface area (Å²) < 4.78 is 0. The Morgan fingerprint density at radius 2 is 1.85 bits per heavy atom. The van der Waals surface area contributed by atoms with Gasteiger partial charge in [-0.15, -0.1) is 0 Å². The topological polar surface area (TPSA) is 41.1 Å². The molecular weight excluding hydrogens is 248 g/mol. The average Bonchev–Trinajstić information content (AvgIpc) is 2.38. The molecule has 2 N–H and O–H groups in total. The number of hydrogen-bond donors (Lipinski definition) is 2. The summed E-state index contributed by atoms with van der Waals surface area (Å²) in [4.78, 5) is 12.3. The maximum absolute atomic E-state index is 12.3. The largest absolute Gasteiger partial charge is 0.349 e. The lowest BCUT2D eigenvalue weighted by Crippen LogP contribution is -2.37. The van der Waals surface area contributed by atoms with E-state index in [1.807, 2.05) is 26.1 Å². The molecule has 20 heavy (non-hydrogen) atoms. The summed E-state index contributed by atoms with van der Waals surface area (Å²) in [6.07, 6.45) is 0.961. The molecule has 0 saturated carbocycles. The van der Waals surface area contributed by atoms with Gasteiger partial charge in [-0.3, -0.25) is 4.79 Å². The molecule has 0 saturated heterocycles.